The number of hydrogen-bond donors (Lipinski definition) is 2. The van der Waals surface area contributed by atoms with Crippen LogP contribution in [-0.2, 0) is 22.0 Å². The van der Waals surface area contributed by atoms with E-state index in [2.05, 4.69) is 72.4 Å². The predicted molar refractivity (Wildman–Crippen MR) is 185 cm³/mol. The number of methoxy groups -OCH3 is 2. The summed E-state index contributed by atoms with van der Waals surface area (Å²) in [6, 6.07) is 10.3. The molecule has 2 saturated heterocycles. The van der Waals surface area contributed by atoms with Gasteiger partial charge in [-0.25, -0.2) is 13.4 Å². The monoisotopic (exact) mass is 701 g/mol. The molecule has 2 N–H and O–H groups in total. The molecule has 2 aliphatic heterocycles. The fourth-order valence-electron chi connectivity index (χ4n) is 6.17. The van der Waals surface area contributed by atoms with E-state index < -0.39 is 9.84 Å². The van der Waals surface area contributed by atoms with Crippen LogP contribution in [0.2, 0.25) is 0 Å². The Kier molecular flexibility index (Phi) is 10.7. The maximum atomic E-state index is 12.2. The van der Waals surface area contributed by atoms with Crippen molar-refractivity contribution in [2.45, 2.75) is 38.0 Å². The molecule has 0 amide bonds. The van der Waals surface area contributed by atoms with Gasteiger partial charge in [-0.15, -0.1) is 0 Å². The maximum Gasteiger partial charge on any atom is 0.229 e. The van der Waals surface area contributed by atoms with Crippen LogP contribution >= 0.6 is 15.9 Å². The first-order valence-corrected chi connectivity index (χ1v) is 18.2. The second-order valence-corrected chi connectivity index (χ2v) is 14.8. The van der Waals surface area contributed by atoms with E-state index in [4.69, 9.17) is 14.5 Å². The van der Waals surface area contributed by atoms with Gasteiger partial charge in [0, 0.05) is 80.8 Å². The molecule has 244 valence electrons. The number of nitrogens with one attached hydrogen (secondary N) is 2. The minimum Gasteiger partial charge on any atom is -0.496 e. The van der Waals surface area contributed by atoms with Gasteiger partial charge in [-0.05, 0) is 66.0 Å². The highest BCUT2D eigenvalue weighted by Gasteiger charge is 2.28. The van der Waals surface area contributed by atoms with Crippen molar-refractivity contribution in [2.75, 3.05) is 82.3 Å². The number of nitrogens with zero attached hydrogens (tertiary/aromatic N) is 5. The number of rotatable bonds is 11. The SMILES string of the molecule is CCc1cc(Nc2ncc(Br)c(Nc3cccc(OC)c3CS(C)(=O)=O)n2)c(OC)cc1N1CCC(N2CCN(C)CC2)CC1. The average Bonchev–Trinajstić information content (AvgIpc) is 3.03. The molecule has 0 bridgehead atoms. The number of aryl methyl sites for hydroxylation is 1. The molecule has 0 spiro atoms. The van der Waals surface area contributed by atoms with Crippen molar-refractivity contribution in [1.82, 2.24) is 19.8 Å². The number of aromatic nitrogens is 2. The third kappa shape index (κ3) is 8.18. The highest BCUT2D eigenvalue weighted by atomic mass is 79.9. The number of ether oxygens (including phenoxy) is 2. The summed E-state index contributed by atoms with van der Waals surface area (Å²) in [4.78, 5) is 16.8. The molecule has 11 nitrogen and oxygen atoms in total. The van der Waals surface area contributed by atoms with E-state index in [1.807, 2.05) is 0 Å². The molecule has 0 unspecified atom stereocenters. The highest BCUT2D eigenvalue weighted by molar-refractivity contribution is 9.10. The van der Waals surface area contributed by atoms with Gasteiger partial charge in [-0.2, -0.15) is 4.98 Å². The predicted octanol–water partition coefficient (Wildman–Crippen LogP) is 5.07. The average molecular weight is 703 g/mol. The summed E-state index contributed by atoms with van der Waals surface area (Å²) in [6.07, 6.45) is 6.05. The minimum atomic E-state index is -3.32. The topological polar surface area (TPSA) is 112 Å². The summed E-state index contributed by atoms with van der Waals surface area (Å²) in [5.74, 6) is 1.87. The molecule has 0 radical (unpaired) electrons. The van der Waals surface area contributed by atoms with E-state index in [1.165, 1.54) is 24.6 Å². The summed E-state index contributed by atoms with van der Waals surface area (Å²) in [7, 11) is 2.09. The third-order valence-corrected chi connectivity index (χ3v) is 10.0. The van der Waals surface area contributed by atoms with E-state index >= 15 is 0 Å². The third-order valence-electron chi connectivity index (χ3n) is 8.64. The molecule has 0 atom stereocenters. The van der Waals surface area contributed by atoms with Gasteiger partial charge >= 0.3 is 0 Å². The number of hydrogen-bond acceptors (Lipinski definition) is 11. The zero-order valence-corrected chi connectivity index (χ0v) is 29.2. The van der Waals surface area contributed by atoms with Crippen LogP contribution in [0.3, 0.4) is 0 Å². The van der Waals surface area contributed by atoms with Gasteiger partial charge in [0.2, 0.25) is 5.95 Å². The number of piperidine rings is 1. The van der Waals surface area contributed by atoms with Crippen molar-refractivity contribution < 1.29 is 17.9 Å². The summed E-state index contributed by atoms with van der Waals surface area (Å²) < 4.78 is 36.3. The van der Waals surface area contributed by atoms with Crippen molar-refractivity contribution >= 4 is 54.6 Å². The van der Waals surface area contributed by atoms with Crippen LogP contribution in [-0.4, -0.2) is 101 Å². The molecule has 0 saturated carbocycles. The van der Waals surface area contributed by atoms with Crippen molar-refractivity contribution in [3.63, 3.8) is 0 Å². The lowest BCUT2D eigenvalue weighted by molar-refractivity contribution is 0.0982. The van der Waals surface area contributed by atoms with Crippen LogP contribution in [0.15, 0.2) is 41.0 Å². The van der Waals surface area contributed by atoms with Gasteiger partial charge in [0.15, 0.2) is 9.84 Å². The van der Waals surface area contributed by atoms with E-state index in [0.717, 1.165) is 64.2 Å². The van der Waals surface area contributed by atoms with Crippen LogP contribution in [0, 0.1) is 0 Å². The number of sulfone groups is 1. The molecule has 5 rings (SSSR count). The first kappa shape index (κ1) is 33.2. The second kappa shape index (κ2) is 14.5. The molecule has 0 aliphatic carbocycles. The molecule has 2 fully saturated rings. The normalized spacial score (nSPS) is 16.9. The van der Waals surface area contributed by atoms with Crippen molar-refractivity contribution in [2.24, 2.45) is 0 Å². The molecule has 45 heavy (non-hydrogen) atoms. The lowest BCUT2D eigenvalue weighted by Crippen LogP contribution is -2.52. The van der Waals surface area contributed by atoms with Crippen molar-refractivity contribution in [1.29, 1.82) is 0 Å². The zero-order valence-electron chi connectivity index (χ0n) is 26.8. The summed E-state index contributed by atoms with van der Waals surface area (Å²) >= 11 is 3.53. The molecule has 2 aliphatic rings. The van der Waals surface area contributed by atoms with Crippen molar-refractivity contribution in [3.05, 3.63) is 52.1 Å². The quantitative estimate of drug-likeness (QED) is 0.280. The van der Waals surface area contributed by atoms with E-state index in [9.17, 15) is 8.42 Å². The van der Waals surface area contributed by atoms with E-state index in [1.54, 1.807) is 31.5 Å². The lowest BCUT2D eigenvalue weighted by Gasteiger charge is -2.43. The first-order valence-electron chi connectivity index (χ1n) is 15.4. The summed E-state index contributed by atoms with van der Waals surface area (Å²) in [5, 5.41) is 6.62. The van der Waals surface area contributed by atoms with Gasteiger partial charge in [0.25, 0.3) is 0 Å². The fraction of sp³-hybridized carbons (Fsp3) is 0.500. The van der Waals surface area contributed by atoms with Crippen LogP contribution < -0.4 is 25.0 Å². The standard InChI is InChI=1S/C32H44BrN7O4S/c1-6-22-18-27(30(44-4)19-28(22)40-12-10-23(11-13-40)39-16-14-38(2)15-17-39)36-32-34-20-25(33)31(37-32)35-26-8-7-9-29(43-3)24(26)21-45(5,41)42/h7-9,18-20,23H,6,10-17,21H2,1-5H3,(H2,34,35,36,37). The molecular formula is C32H44BrN7O4S. The van der Waals surface area contributed by atoms with Gasteiger partial charge in [0.05, 0.1) is 30.1 Å². The Morgan fingerprint density at radius 1 is 0.978 bits per heavy atom. The first-order chi connectivity index (χ1) is 21.6. The molecular weight excluding hydrogens is 658 g/mol. The van der Waals surface area contributed by atoms with E-state index in [0.29, 0.717) is 45.0 Å². The van der Waals surface area contributed by atoms with E-state index in [-0.39, 0.29) is 5.75 Å². The van der Waals surface area contributed by atoms with Crippen LogP contribution in [0.1, 0.15) is 30.9 Å². The molecule has 1 aromatic heterocycles. The summed E-state index contributed by atoms with van der Waals surface area (Å²) in [6.45, 7) is 8.84. The van der Waals surface area contributed by atoms with Crippen LogP contribution in [0.5, 0.6) is 11.5 Å². The molecule has 3 aromatic rings. The number of benzene rings is 2. The Labute approximate surface area is 275 Å². The van der Waals surface area contributed by atoms with Gasteiger partial charge in [-0.3, -0.25) is 4.90 Å². The summed E-state index contributed by atoms with van der Waals surface area (Å²) in [5.41, 5.74) is 4.33. The highest BCUT2D eigenvalue weighted by Crippen LogP contribution is 2.38. The van der Waals surface area contributed by atoms with Crippen LogP contribution in [0.25, 0.3) is 0 Å². The van der Waals surface area contributed by atoms with Gasteiger partial charge in [0.1, 0.15) is 17.3 Å². The van der Waals surface area contributed by atoms with Gasteiger partial charge < -0.3 is 29.9 Å². The minimum absolute atomic E-state index is 0.177. The smallest absolute Gasteiger partial charge is 0.229 e. The number of anilines is 5. The Balaban J connectivity index is 1.35. The second-order valence-electron chi connectivity index (χ2n) is 11.8. The fourth-order valence-corrected chi connectivity index (χ4v) is 7.28. The Morgan fingerprint density at radius 2 is 1.69 bits per heavy atom. The molecule has 13 heteroatoms. The number of halogens is 1. The van der Waals surface area contributed by atoms with Crippen molar-refractivity contribution in [3.8, 4) is 11.5 Å². The number of piperazine rings is 1. The zero-order chi connectivity index (χ0) is 32.1. The number of likely N-dealkylation sites (N-methyl/N-ethyl adjacent to an activating group) is 1. The van der Waals surface area contributed by atoms with Crippen LogP contribution in [0.4, 0.5) is 28.8 Å². The Bertz CT molecular complexity index is 1590. The Hall–Kier alpha value is -3.13. The Morgan fingerprint density at radius 3 is 2.33 bits per heavy atom. The molecule has 2 aromatic carbocycles. The maximum absolute atomic E-state index is 12.2. The lowest BCUT2D eigenvalue weighted by atomic mass is 9.99. The largest absolute Gasteiger partial charge is 0.496 e. The van der Waals surface area contributed by atoms with Gasteiger partial charge in [-0.1, -0.05) is 13.0 Å². The molecule has 3 heterocycles.